The van der Waals surface area contributed by atoms with E-state index in [2.05, 4.69) is 0 Å². The van der Waals surface area contributed by atoms with Gasteiger partial charge in [-0.1, -0.05) is 6.07 Å². The lowest BCUT2D eigenvalue weighted by atomic mass is 9.77. The molecule has 1 N–H and O–H groups in total. The Balaban J connectivity index is 1.88. The summed E-state index contributed by atoms with van der Waals surface area (Å²) in [6, 6.07) is 3.99. The van der Waals surface area contributed by atoms with Crippen molar-refractivity contribution in [1.29, 1.82) is 0 Å². The molecule has 0 spiro atoms. The standard InChI is InChI=1S/C11H14O3S/c12-10(13)7-11(4-2-5-11)14-8-9-3-1-6-15-9/h1,3,6H,2,4-5,7-8H2,(H,12,13). The van der Waals surface area contributed by atoms with E-state index < -0.39 is 5.97 Å². The molecule has 3 nitrogen and oxygen atoms in total. The van der Waals surface area contributed by atoms with Crippen LogP contribution >= 0.6 is 11.3 Å². The first-order valence-corrected chi connectivity index (χ1v) is 5.96. The first-order valence-electron chi connectivity index (χ1n) is 5.08. The minimum atomic E-state index is -0.763. The molecule has 0 saturated heterocycles. The summed E-state index contributed by atoms with van der Waals surface area (Å²) in [6.07, 6.45) is 2.98. The predicted molar refractivity (Wildman–Crippen MR) is 57.9 cm³/mol. The zero-order chi connectivity index (χ0) is 10.7. The number of aliphatic carboxylic acids is 1. The molecule has 4 heteroatoms. The van der Waals surface area contributed by atoms with Crippen LogP contribution in [0.2, 0.25) is 0 Å². The Morgan fingerprint density at radius 2 is 2.40 bits per heavy atom. The quantitative estimate of drug-likeness (QED) is 0.839. The maximum absolute atomic E-state index is 10.7. The molecule has 0 unspecified atom stereocenters. The van der Waals surface area contributed by atoms with E-state index in [1.54, 1.807) is 11.3 Å². The number of hydrogen-bond donors (Lipinski definition) is 1. The molecule has 1 aliphatic carbocycles. The molecule has 0 aliphatic heterocycles. The predicted octanol–water partition coefficient (Wildman–Crippen LogP) is 2.66. The van der Waals surface area contributed by atoms with Crippen molar-refractivity contribution in [2.75, 3.05) is 0 Å². The smallest absolute Gasteiger partial charge is 0.306 e. The van der Waals surface area contributed by atoms with E-state index in [9.17, 15) is 4.79 Å². The monoisotopic (exact) mass is 226 g/mol. The van der Waals surface area contributed by atoms with Gasteiger partial charge in [0, 0.05) is 4.88 Å². The van der Waals surface area contributed by atoms with Gasteiger partial charge in [0.25, 0.3) is 0 Å². The second-order valence-electron chi connectivity index (χ2n) is 3.98. The van der Waals surface area contributed by atoms with Crippen molar-refractivity contribution in [1.82, 2.24) is 0 Å². The third kappa shape index (κ3) is 2.58. The average Bonchev–Trinajstić information content (AvgIpc) is 2.61. The van der Waals surface area contributed by atoms with E-state index in [4.69, 9.17) is 9.84 Å². The molecule has 0 atom stereocenters. The normalized spacial score (nSPS) is 18.4. The lowest BCUT2D eigenvalue weighted by Crippen LogP contribution is -2.41. The summed E-state index contributed by atoms with van der Waals surface area (Å²) in [5.74, 6) is -0.763. The zero-order valence-electron chi connectivity index (χ0n) is 8.44. The van der Waals surface area contributed by atoms with Gasteiger partial charge in [-0.15, -0.1) is 11.3 Å². The molecule has 0 radical (unpaired) electrons. The van der Waals surface area contributed by atoms with Crippen molar-refractivity contribution in [2.45, 2.75) is 37.9 Å². The van der Waals surface area contributed by atoms with E-state index in [0.717, 1.165) is 24.1 Å². The third-order valence-electron chi connectivity index (χ3n) is 2.84. The molecule has 15 heavy (non-hydrogen) atoms. The van der Waals surface area contributed by atoms with Gasteiger partial charge in [-0.2, -0.15) is 0 Å². The number of carboxylic acids is 1. The van der Waals surface area contributed by atoms with Crippen LogP contribution < -0.4 is 0 Å². The summed E-state index contributed by atoms with van der Waals surface area (Å²) >= 11 is 1.64. The largest absolute Gasteiger partial charge is 0.481 e. The Bertz CT molecular complexity index is 328. The topological polar surface area (TPSA) is 46.5 Å². The van der Waals surface area contributed by atoms with Crippen LogP contribution in [0.1, 0.15) is 30.6 Å². The van der Waals surface area contributed by atoms with Gasteiger partial charge < -0.3 is 9.84 Å². The molecule has 2 rings (SSSR count). The molecular weight excluding hydrogens is 212 g/mol. The molecular formula is C11H14O3S. The summed E-state index contributed by atoms with van der Waals surface area (Å²) in [5.41, 5.74) is -0.379. The lowest BCUT2D eigenvalue weighted by Gasteiger charge is -2.40. The van der Waals surface area contributed by atoms with Gasteiger partial charge in [0.2, 0.25) is 0 Å². The van der Waals surface area contributed by atoms with E-state index in [-0.39, 0.29) is 12.0 Å². The molecule has 1 saturated carbocycles. The fourth-order valence-electron chi connectivity index (χ4n) is 1.84. The van der Waals surface area contributed by atoms with Gasteiger partial charge in [-0.25, -0.2) is 0 Å². The Kier molecular flexibility index (Phi) is 3.07. The van der Waals surface area contributed by atoms with Crippen LogP contribution in [0.4, 0.5) is 0 Å². The second kappa shape index (κ2) is 4.33. The number of hydrogen-bond acceptors (Lipinski definition) is 3. The highest BCUT2D eigenvalue weighted by atomic mass is 32.1. The van der Waals surface area contributed by atoms with Gasteiger partial charge in [0.15, 0.2) is 0 Å². The Labute approximate surface area is 92.7 Å². The van der Waals surface area contributed by atoms with Crippen LogP contribution in [0.5, 0.6) is 0 Å². The summed E-state index contributed by atoms with van der Waals surface area (Å²) in [5, 5.41) is 10.8. The maximum atomic E-state index is 10.7. The molecule has 1 heterocycles. The molecule has 1 aromatic heterocycles. The first-order chi connectivity index (χ1) is 7.20. The van der Waals surface area contributed by atoms with Crippen LogP contribution in [0.15, 0.2) is 17.5 Å². The van der Waals surface area contributed by atoms with Crippen molar-refractivity contribution < 1.29 is 14.6 Å². The van der Waals surface area contributed by atoms with E-state index in [0.29, 0.717) is 6.61 Å². The van der Waals surface area contributed by atoms with E-state index >= 15 is 0 Å². The van der Waals surface area contributed by atoms with Gasteiger partial charge in [0.05, 0.1) is 18.6 Å². The highest BCUT2D eigenvalue weighted by Crippen LogP contribution is 2.39. The Morgan fingerprint density at radius 3 is 2.87 bits per heavy atom. The second-order valence-corrected chi connectivity index (χ2v) is 5.01. The third-order valence-corrected chi connectivity index (χ3v) is 3.69. The van der Waals surface area contributed by atoms with E-state index in [1.165, 1.54) is 0 Å². The number of rotatable bonds is 5. The summed E-state index contributed by atoms with van der Waals surface area (Å²) < 4.78 is 5.75. The minimum Gasteiger partial charge on any atom is -0.481 e. The number of ether oxygens (including phenoxy) is 1. The summed E-state index contributed by atoms with van der Waals surface area (Å²) in [6.45, 7) is 0.547. The van der Waals surface area contributed by atoms with Gasteiger partial charge in [0.1, 0.15) is 0 Å². The fraction of sp³-hybridized carbons (Fsp3) is 0.545. The van der Waals surface area contributed by atoms with Crippen molar-refractivity contribution in [2.24, 2.45) is 0 Å². The molecule has 1 aliphatic rings. The highest BCUT2D eigenvalue weighted by Gasteiger charge is 2.40. The minimum absolute atomic E-state index is 0.137. The SMILES string of the molecule is O=C(O)CC1(OCc2cccs2)CCC1. The molecule has 0 amide bonds. The summed E-state index contributed by atoms with van der Waals surface area (Å²) in [4.78, 5) is 11.9. The lowest BCUT2D eigenvalue weighted by molar-refractivity contribution is -0.156. The molecule has 0 aromatic carbocycles. The number of thiophene rings is 1. The average molecular weight is 226 g/mol. The van der Waals surface area contributed by atoms with Gasteiger partial charge >= 0.3 is 5.97 Å². The van der Waals surface area contributed by atoms with Gasteiger partial charge in [-0.3, -0.25) is 4.79 Å². The van der Waals surface area contributed by atoms with Crippen molar-refractivity contribution in [3.8, 4) is 0 Å². The Morgan fingerprint density at radius 1 is 1.60 bits per heavy atom. The summed E-state index contributed by atoms with van der Waals surface area (Å²) in [7, 11) is 0. The van der Waals surface area contributed by atoms with Crippen LogP contribution in [0.3, 0.4) is 0 Å². The van der Waals surface area contributed by atoms with Crippen molar-refractivity contribution >= 4 is 17.3 Å². The molecule has 1 aromatic rings. The molecule has 1 fully saturated rings. The van der Waals surface area contributed by atoms with Gasteiger partial charge in [-0.05, 0) is 30.7 Å². The maximum Gasteiger partial charge on any atom is 0.306 e. The van der Waals surface area contributed by atoms with Crippen molar-refractivity contribution in [3.05, 3.63) is 22.4 Å². The van der Waals surface area contributed by atoms with Crippen LogP contribution in [0, 0.1) is 0 Å². The Hall–Kier alpha value is -0.870. The number of carbonyl (C=O) groups is 1. The van der Waals surface area contributed by atoms with Crippen LogP contribution in [-0.2, 0) is 16.1 Å². The zero-order valence-corrected chi connectivity index (χ0v) is 9.26. The fourth-order valence-corrected chi connectivity index (χ4v) is 2.45. The first kappa shape index (κ1) is 10.6. The molecule has 82 valence electrons. The van der Waals surface area contributed by atoms with Crippen molar-refractivity contribution in [3.63, 3.8) is 0 Å². The highest BCUT2D eigenvalue weighted by molar-refractivity contribution is 7.09. The van der Waals surface area contributed by atoms with Crippen LogP contribution in [0.25, 0.3) is 0 Å². The molecule has 0 bridgehead atoms. The van der Waals surface area contributed by atoms with E-state index in [1.807, 2.05) is 17.5 Å². The van der Waals surface area contributed by atoms with Crippen LogP contribution in [-0.4, -0.2) is 16.7 Å². The number of carboxylic acid groups (broad SMARTS) is 1.